The molecule has 0 spiro atoms. The Labute approximate surface area is 150 Å². The molecule has 2 aliphatic heterocycles. The first-order chi connectivity index (χ1) is 12.0. The van der Waals surface area contributed by atoms with Crippen molar-refractivity contribution in [1.82, 2.24) is 19.7 Å². The Bertz CT molecular complexity index is 808. The number of aryl methyl sites for hydroxylation is 1. The van der Waals surface area contributed by atoms with Crippen molar-refractivity contribution < 1.29 is 9.18 Å². The largest absolute Gasteiger partial charge is 0.294 e. The zero-order chi connectivity index (χ0) is 17.6. The highest BCUT2D eigenvalue weighted by atomic mass is 32.2. The number of hydrogen-bond acceptors (Lipinski definition) is 5. The molecule has 0 bridgehead atoms. The van der Waals surface area contributed by atoms with E-state index < -0.39 is 5.25 Å². The number of nitrogens with zero attached hydrogens (tertiary/aromatic N) is 4. The summed E-state index contributed by atoms with van der Waals surface area (Å²) in [5.41, 5.74) is 0.588. The Balaban J connectivity index is 1.72. The van der Waals surface area contributed by atoms with Gasteiger partial charge < -0.3 is 0 Å². The number of piperidine rings is 1. The number of likely N-dealkylation sites (tertiary alicyclic amines) is 1. The Morgan fingerprint density at radius 2 is 2.16 bits per heavy atom. The number of carbonyl (C=O) groups is 1. The van der Waals surface area contributed by atoms with Crippen molar-refractivity contribution in [1.29, 1.82) is 0 Å². The molecule has 1 fully saturated rings. The van der Waals surface area contributed by atoms with E-state index in [9.17, 15) is 9.18 Å². The normalized spacial score (nSPS) is 25.2. The highest BCUT2D eigenvalue weighted by Gasteiger charge is 2.44. The summed E-state index contributed by atoms with van der Waals surface area (Å²) in [6, 6.07) is 6.50. The minimum atomic E-state index is -0.419. The molecule has 0 amide bonds. The van der Waals surface area contributed by atoms with Gasteiger partial charge in [-0.25, -0.2) is 9.37 Å². The number of thioether (sulfide) groups is 1. The van der Waals surface area contributed by atoms with E-state index in [1.54, 1.807) is 19.1 Å². The zero-order valence-corrected chi connectivity index (χ0v) is 15.2. The second kappa shape index (κ2) is 6.53. The summed E-state index contributed by atoms with van der Waals surface area (Å²) in [5.74, 6) is 0.769. The van der Waals surface area contributed by atoms with Crippen molar-refractivity contribution in [3.05, 3.63) is 41.5 Å². The van der Waals surface area contributed by atoms with Gasteiger partial charge in [-0.1, -0.05) is 36.9 Å². The van der Waals surface area contributed by atoms with E-state index in [1.807, 2.05) is 6.07 Å². The SMILES string of the molecule is Cc1nc2n(n1)C(=O)C(C(c1ccccc1F)N1CCCC(C)C1)S2. The van der Waals surface area contributed by atoms with Gasteiger partial charge in [-0.2, -0.15) is 4.68 Å². The highest BCUT2D eigenvalue weighted by molar-refractivity contribution is 8.00. The third-order valence-corrected chi connectivity index (χ3v) is 6.15. The van der Waals surface area contributed by atoms with Crippen molar-refractivity contribution in [2.45, 2.75) is 43.1 Å². The molecule has 2 aromatic rings. The topological polar surface area (TPSA) is 51.0 Å². The fourth-order valence-electron chi connectivity index (χ4n) is 3.84. The van der Waals surface area contributed by atoms with E-state index in [0.29, 0.717) is 22.5 Å². The molecule has 3 heterocycles. The van der Waals surface area contributed by atoms with Gasteiger partial charge in [0.05, 0.1) is 6.04 Å². The van der Waals surface area contributed by atoms with E-state index in [4.69, 9.17) is 0 Å². The van der Waals surface area contributed by atoms with Gasteiger partial charge in [0.2, 0.25) is 0 Å². The molecular formula is C18H21FN4OS. The van der Waals surface area contributed by atoms with Crippen LogP contribution in [-0.4, -0.2) is 43.9 Å². The lowest BCUT2D eigenvalue weighted by atomic mass is 9.94. The van der Waals surface area contributed by atoms with Gasteiger partial charge >= 0.3 is 0 Å². The van der Waals surface area contributed by atoms with Crippen LogP contribution >= 0.6 is 11.8 Å². The summed E-state index contributed by atoms with van der Waals surface area (Å²) < 4.78 is 16.0. The number of halogens is 1. The maximum atomic E-state index is 14.6. The number of fused-ring (bicyclic) bond motifs is 1. The average Bonchev–Trinajstić information content (AvgIpc) is 3.08. The molecule has 1 aromatic heterocycles. The zero-order valence-electron chi connectivity index (χ0n) is 14.4. The van der Waals surface area contributed by atoms with Crippen molar-refractivity contribution >= 4 is 17.7 Å². The molecule has 1 aromatic carbocycles. The van der Waals surface area contributed by atoms with Crippen molar-refractivity contribution in [2.75, 3.05) is 13.1 Å². The van der Waals surface area contributed by atoms with Crippen LogP contribution < -0.4 is 0 Å². The van der Waals surface area contributed by atoms with Gasteiger partial charge in [-0.15, -0.1) is 5.10 Å². The molecule has 4 rings (SSSR count). The van der Waals surface area contributed by atoms with Crippen molar-refractivity contribution in [3.8, 4) is 0 Å². The van der Waals surface area contributed by atoms with Crippen LogP contribution in [-0.2, 0) is 0 Å². The van der Waals surface area contributed by atoms with Crippen molar-refractivity contribution in [3.63, 3.8) is 0 Å². The number of benzene rings is 1. The summed E-state index contributed by atoms with van der Waals surface area (Å²) in [4.78, 5) is 19.5. The van der Waals surface area contributed by atoms with Gasteiger partial charge in [0.25, 0.3) is 5.91 Å². The number of rotatable bonds is 3. The monoisotopic (exact) mass is 360 g/mol. The van der Waals surface area contributed by atoms with E-state index >= 15 is 0 Å². The summed E-state index contributed by atoms with van der Waals surface area (Å²) >= 11 is 1.40. The average molecular weight is 360 g/mol. The second-order valence-corrected chi connectivity index (χ2v) is 8.05. The van der Waals surface area contributed by atoms with Crippen LogP contribution in [0, 0.1) is 18.7 Å². The molecule has 0 aliphatic carbocycles. The Morgan fingerprint density at radius 1 is 1.36 bits per heavy atom. The number of hydrogen-bond donors (Lipinski definition) is 0. The molecule has 5 nitrogen and oxygen atoms in total. The van der Waals surface area contributed by atoms with E-state index in [2.05, 4.69) is 21.9 Å². The van der Waals surface area contributed by atoms with E-state index in [0.717, 1.165) is 19.5 Å². The predicted octanol–water partition coefficient (Wildman–Crippen LogP) is 3.31. The van der Waals surface area contributed by atoms with Gasteiger partial charge in [0.15, 0.2) is 5.16 Å². The smallest absolute Gasteiger partial charge is 0.264 e. The first-order valence-electron chi connectivity index (χ1n) is 8.67. The predicted molar refractivity (Wildman–Crippen MR) is 94.1 cm³/mol. The van der Waals surface area contributed by atoms with E-state index in [-0.39, 0.29) is 17.8 Å². The first kappa shape index (κ1) is 16.7. The van der Waals surface area contributed by atoms with E-state index in [1.165, 1.54) is 28.9 Å². The van der Waals surface area contributed by atoms with Crippen LogP contribution in [0.5, 0.6) is 0 Å². The molecule has 3 atom stereocenters. The van der Waals surface area contributed by atoms with Crippen LogP contribution in [0.3, 0.4) is 0 Å². The van der Waals surface area contributed by atoms with Crippen molar-refractivity contribution in [2.24, 2.45) is 5.92 Å². The molecular weight excluding hydrogens is 339 g/mol. The molecule has 0 saturated carbocycles. The minimum Gasteiger partial charge on any atom is -0.294 e. The fourth-order valence-corrected chi connectivity index (χ4v) is 5.13. The maximum absolute atomic E-state index is 14.6. The van der Waals surface area contributed by atoms with Crippen LogP contribution in [0.25, 0.3) is 0 Å². The maximum Gasteiger partial charge on any atom is 0.264 e. The summed E-state index contributed by atoms with van der Waals surface area (Å²) in [6.07, 6.45) is 2.24. The lowest BCUT2D eigenvalue weighted by Gasteiger charge is -2.39. The Hall–Kier alpha value is -1.73. The molecule has 1 saturated heterocycles. The first-order valence-corrected chi connectivity index (χ1v) is 9.55. The quantitative estimate of drug-likeness (QED) is 0.840. The van der Waals surface area contributed by atoms with Gasteiger partial charge in [-0.3, -0.25) is 9.69 Å². The molecule has 3 unspecified atom stereocenters. The van der Waals surface area contributed by atoms with Crippen LogP contribution in [0.4, 0.5) is 4.39 Å². The molecule has 132 valence electrons. The van der Waals surface area contributed by atoms with Gasteiger partial charge in [-0.05, 0) is 38.3 Å². The minimum absolute atomic E-state index is 0.105. The summed E-state index contributed by atoms with van der Waals surface area (Å²) in [7, 11) is 0. The van der Waals surface area contributed by atoms with Gasteiger partial charge in [0, 0.05) is 12.1 Å². The molecule has 2 aliphatic rings. The molecule has 25 heavy (non-hydrogen) atoms. The molecule has 0 N–H and O–H groups in total. The Kier molecular flexibility index (Phi) is 4.37. The third-order valence-electron chi connectivity index (χ3n) is 4.96. The highest BCUT2D eigenvalue weighted by Crippen LogP contribution is 2.42. The van der Waals surface area contributed by atoms with Crippen LogP contribution in [0.15, 0.2) is 29.4 Å². The lowest BCUT2D eigenvalue weighted by molar-refractivity contribution is 0.0783. The second-order valence-electron chi connectivity index (χ2n) is 6.94. The van der Waals surface area contributed by atoms with Crippen LogP contribution in [0.1, 0.15) is 42.0 Å². The fraction of sp³-hybridized carbons (Fsp3) is 0.500. The summed E-state index contributed by atoms with van der Waals surface area (Å²) in [5, 5.41) is 4.40. The molecule has 0 radical (unpaired) electrons. The number of carbonyl (C=O) groups excluding carboxylic acids is 1. The van der Waals surface area contributed by atoms with Gasteiger partial charge in [0.1, 0.15) is 16.9 Å². The molecule has 7 heteroatoms. The standard InChI is InChI=1S/C18H21FN4OS/c1-11-6-5-9-22(10-11)15(13-7-3-4-8-14(13)19)16-17(24)23-18(25-16)20-12(2)21-23/h3-4,7-8,11,15-16H,5-6,9-10H2,1-2H3. The number of aromatic nitrogens is 3. The third kappa shape index (κ3) is 3.00. The van der Waals surface area contributed by atoms with Crippen LogP contribution in [0.2, 0.25) is 0 Å². The Morgan fingerprint density at radius 3 is 2.88 bits per heavy atom. The lowest BCUT2D eigenvalue weighted by Crippen LogP contribution is -2.44. The summed E-state index contributed by atoms with van der Waals surface area (Å²) in [6.45, 7) is 5.74.